The molecule has 0 N–H and O–H groups in total. The molecule has 1 amide bonds. The summed E-state index contributed by atoms with van der Waals surface area (Å²) < 4.78 is 31.9. The molecule has 0 unspecified atom stereocenters. The van der Waals surface area contributed by atoms with E-state index in [4.69, 9.17) is 27.6 Å². The third-order valence-corrected chi connectivity index (χ3v) is 7.32. The molecule has 0 bridgehead atoms. The molecule has 1 heterocycles. The van der Waals surface area contributed by atoms with Crippen LogP contribution in [-0.2, 0) is 16.6 Å². The summed E-state index contributed by atoms with van der Waals surface area (Å²) in [5, 5.41) is 8.56. The molecule has 1 aromatic heterocycles. The molecule has 0 saturated carbocycles. The minimum atomic E-state index is -3.82. The Morgan fingerprint density at radius 2 is 1.75 bits per heavy atom. The minimum absolute atomic E-state index is 0.0341. The molecule has 0 atom stereocenters. The number of hydrogen-bond acceptors (Lipinski definition) is 6. The Hall–Kier alpha value is -2.46. The van der Waals surface area contributed by atoms with Crippen molar-refractivity contribution < 1.29 is 17.6 Å². The first-order valence-corrected chi connectivity index (χ1v) is 11.8. The summed E-state index contributed by atoms with van der Waals surface area (Å²) in [4.78, 5) is 14.6. The smallest absolute Gasteiger partial charge is 0.254 e. The molecular formula is C21H22Cl2N4O4S. The van der Waals surface area contributed by atoms with Crippen LogP contribution >= 0.6 is 23.2 Å². The molecule has 3 rings (SSSR count). The van der Waals surface area contributed by atoms with Crippen LogP contribution in [0.1, 0.15) is 30.1 Å². The third kappa shape index (κ3) is 4.96. The molecule has 0 spiro atoms. The van der Waals surface area contributed by atoms with Crippen molar-refractivity contribution in [2.24, 2.45) is 0 Å². The molecule has 170 valence electrons. The van der Waals surface area contributed by atoms with Crippen molar-refractivity contribution in [3.05, 3.63) is 64.0 Å². The molecule has 0 fully saturated rings. The second kappa shape index (κ2) is 9.58. The van der Waals surface area contributed by atoms with Gasteiger partial charge >= 0.3 is 0 Å². The maximum Gasteiger partial charge on any atom is 0.254 e. The predicted molar refractivity (Wildman–Crippen MR) is 122 cm³/mol. The van der Waals surface area contributed by atoms with Crippen LogP contribution < -0.4 is 0 Å². The van der Waals surface area contributed by atoms with E-state index in [1.54, 1.807) is 24.3 Å². The normalized spacial score (nSPS) is 11.9. The van der Waals surface area contributed by atoms with Crippen LogP contribution in [0.4, 0.5) is 0 Å². The molecule has 3 aromatic rings. The van der Waals surface area contributed by atoms with E-state index < -0.39 is 15.9 Å². The third-order valence-electron chi connectivity index (χ3n) is 4.70. The zero-order valence-electron chi connectivity index (χ0n) is 17.9. The number of amides is 1. The summed E-state index contributed by atoms with van der Waals surface area (Å²) in [5.74, 6) is 0.0639. The van der Waals surface area contributed by atoms with Gasteiger partial charge in [0, 0.05) is 25.7 Å². The van der Waals surface area contributed by atoms with Gasteiger partial charge in [-0.05, 0) is 44.2 Å². The summed E-state index contributed by atoms with van der Waals surface area (Å²) in [7, 11) is -1.03. The molecule has 11 heteroatoms. The summed E-state index contributed by atoms with van der Waals surface area (Å²) in [6.45, 7) is 3.69. The van der Waals surface area contributed by atoms with Gasteiger partial charge in [-0.2, -0.15) is 0 Å². The molecule has 0 radical (unpaired) electrons. The highest BCUT2D eigenvalue weighted by molar-refractivity contribution is 7.89. The number of aromatic nitrogens is 2. The standard InChI is InChI=1S/C21H22Cl2N4O4S/c1-13(2)27(12-19-24-25-20(31-19)15-7-5-6-8-16(15)22)21(28)14-9-10-17(23)18(11-14)32(29,30)26(3)4/h5-11,13H,12H2,1-4H3. The van der Waals surface area contributed by atoms with E-state index in [2.05, 4.69) is 10.2 Å². The van der Waals surface area contributed by atoms with Gasteiger partial charge in [0.2, 0.25) is 21.8 Å². The van der Waals surface area contributed by atoms with Gasteiger partial charge in [-0.25, -0.2) is 12.7 Å². The van der Waals surface area contributed by atoms with Crippen LogP contribution in [-0.4, -0.2) is 53.9 Å². The zero-order valence-corrected chi connectivity index (χ0v) is 20.2. The quantitative estimate of drug-likeness (QED) is 0.482. The number of carbonyl (C=O) groups is 1. The maximum atomic E-state index is 13.2. The SMILES string of the molecule is CC(C)N(Cc1nnc(-c2ccccc2Cl)o1)C(=O)c1ccc(Cl)c(S(=O)(=O)N(C)C)c1. The van der Waals surface area contributed by atoms with Crippen molar-refractivity contribution in [1.82, 2.24) is 19.4 Å². The van der Waals surface area contributed by atoms with Crippen molar-refractivity contribution in [2.45, 2.75) is 31.3 Å². The Kier molecular flexibility index (Phi) is 7.24. The van der Waals surface area contributed by atoms with Gasteiger partial charge in [0.15, 0.2) is 0 Å². The average Bonchev–Trinajstić information content (AvgIpc) is 3.20. The average molecular weight is 497 g/mol. The van der Waals surface area contributed by atoms with Gasteiger partial charge in [-0.1, -0.05) is 35.3 Å². The lowest BCUT2D eigenvalue weighted by Crippen LogP contribution is -2.36. The van der Waals surface area contributed by atoms with Gasteiger partial charge in [-0.15, -0.1) is 10.2 Å². The van der Waals surface area contributed by atoms with Crippen LogP contribution in [0, 0.1) is 0 Å². The van der Waals surface area contributed by atoms with E-state index in [0.717, 1.165) is 4.31 Å². The summed E-state index contributed by atoms with van der Waals surface area (Å²) in [5.41, 5.74) is 0.765. The molecule has 0 aliphatic carbocycles. The lowest BCUT2D eigenvalue weighted by atomic mass is 10.1. The number of halogens is 2. The van der Waals surface area contributed by atoms with Gasteiger partial charge in [0.1, 0.15) is 4.90 Å². The molecule has 0 aliphatic rings. The predicted octanol–water partition coefficient (Wildman–Crippen LogP) is 4.34. The van der Waals surface area contributed by atoms with Gasteiger partial charge in [0.05, 0.1) is 22.2 Å². The van der Waals surface area contributed by atoms with Crippen LogP contribution in [0.3, 0.4) is 0 Å². The molecule has 8 nitrogen and oxygen atoms in total. The molecule has 32 heavy (non-hydrogen) atoms. The summed E-state index contributed by atoms with van der Waals surface area (Å²) in [6.07, 6.45) is 0. The Morgan fingerprint density at radius 3 is 2.38 bits per heavy atom. The van der Waals surface area contributed by atoms with Crippen molar-refractivity contribution >= 4 is 39.1 Å². The second-order valence-electron chi connectivity index (χ2n) is 7.44. The lowest BCUT2D eigenvalue weighted by molar-refractivity contribution is 0.0672. The number of benzene rings is 2. The Balaban J connectivity index is 1.91. The van der Waals surface area contributed by atoms with E-state index in [0.29, 0.717) is 10.6 Å². The van der Waals surface area contributed by atoms with Crippen LogP contribution in [0.25, 0.3) is 11.5 Å². The number of sulfonamides is 1. The van der Waals surface area contributed by atoms with Crippen molar-refractivity contribution in [3.63, 3.8) is 0 Å². The first-order valence-electron chi connectivity index (χ1n) is 9.62. The van der Waals surface area contributed by atoms with E-state index in [-0.39, 0.29) is 39.8 Å². The number of carbonyl (C=O) groups excluding carboxylic acids is 1. The number of nitrogens with zero attached hydrogens (tertiary/aromatic N) is 4. The second-order valence-corrected chi connectivity index (χ2v) is 10.4. The first-order chi connectivity index (χ1) is 15.0. The van der Waals surface area contributed by atoms with Gasteiger partial charge < -0.3 is 9.32 Å². The number of rotatable bonds is 7. The summed E-state index contributed by atoms with van der Waals surface area (Å²) in [6, 6.07) is 11.0. The zero-order chi connectivity index (χ0) is 23.6. The maximum absolute atomic E-state index is 13.2. The fourth-order valence-corrected chi connectivity index (χ4v) is 4.50. The fourth-order valence-electron chi connectivity index (χ4n) is 2.89. The highest BCUT2D eigenvalue weighted by Crippen LogP contribution is 2.28. The first kappa shape index (κ1) is 24.2. The van der Waals surface area contributed by atoms with Crippen molar-refractivity contribution in [3.8, 4) is 11.5 Å². The van der Waals surface area contributed by atoms with E-state index in [1.165, 1.54) is 37.2 Å². The Labute approximate surface area is 196 Å². The van der Waals surface area contributed by atoms with Crippen molar-refractivity contribution in [1.29, 1.82) is 0 Å². The van der Waals surface area contributed by atoms with E-state index in [9.17, 15) is 13.2 Å². The van der Waals surface area contributed by atoms with Crippen LogP contribution in [0.15, 0.2) is 51.8 Å². The van der Waals surface area contributed by atoms with E-state index >= 15 is 0 Å². The van der Waals surface area contributed by atoms with Crippen molar-refractivity contribution in [2.75, 3.05) is 14.1 Å². The largest absolute Gasteiger partial charge is 0.419 e. The molecule has 0 saturated heterocycles. The number of hydrogen-bond donors (Lipinski definition) is 0. The highest BCUT2D eigenvalue weighted by Gasteiger charge is 2.26. The van der Waals surface area contributed by atoms with Gasteiger partial charge in [0.25, 0.3) is 5.91 Å². The van der Waals surface area contributed by atoms with Crippen LogP contribution in [0.2, 0.25) is 10.0 Å². The molecule has 0 aliphatic heterocycles. The fraction of sp³-hybridized carbons (Fsp3) is 0.286. The minimum Gasteiger partial charge on any atom is -0.419 e. The van der Waals surface area contributed by atoms with Gasteiger partial charge in [-0.3, -0.25) is 4.79 Å². The highest BCUT2D eigenvalue weighted by atomic mass is 35.5. The molecule has 2 aromatic carbocycles. The topological polar surface area (TPSA) is 96.6 Å². The lowest BCUT2D eigenvalue weighted by Gasteiger charge is -2.25. The summed E-state index contributed by atoms with van der Waals surface area (Å²) >= 11 is 12.3. The Bertz CT molecular complexity index is 1240. The van der Waals surface area contributed by atoms with E-state index in [1.807, 2.05) is 13.8 Å². The monoisotopic (exact) mass is 496 g/mol. The molecular weight excluding hydrogens is 475 g/mol. The Morgan fingerprint density at radius 1 is 1.06 bits per heavy atom. The van der Waals surface area contributed by atoms with Crippen LogP contribution in [0.5, 0.6) is 0 Å².